The molecule has 0 radical (unpaired) electrons. The van der Waals surface area contributed by atoms with E-state index < -0.39 is 0 Å². The Morgan fingerprint density at radius 2 is 2.05 bits per heavy atom. The Labute approximate surface area is 213 Å². The summed E-state index contributed by atoms with van der Waals surface area (Å²) in [6.45, 7) is 1.71. The summed E-state index contributed by atoms with van der Waals surface area (Å²) in [5.41, 5.74) is 8.56. The third-order valence-corrected chi connectivity index (χ3v) is 6.45. The molecule has 5 heterocycles. The van der Waals surface area contributed by atoms with E-state index in [1.807, 2.05) is 15.5 Å². The van der Waals surface area contributed by atoms with Crippen molar-refractivity contribution in [3.63, 3.8) is 0 Å². The van der Waals surface area contributed by atoms with E-state index >= 15 is 0 Å². The number of carbonyl (C=O) groups is 2. The van der Waals surface area contributed by atoms with Gasteiger partial charge in [-0.15, -0.1) is 0 Å². The minimum absolute atomic E-state index is 0.0414. The van der Waals surface area contributed by atoms with Gasteiger partial charge < -0.3 is 20.7 Å². The van der Waals surface area contributed by atoms with Gasteiger partial charge in [0, 0.05) is 56.5 Å². The van der Waals surface area contributed by atoms with Crippen LogP contribution in [-0.2, 0) is 9.53 Å². The van der Waals surface area contributed by atoms with Gasteiger partial charge in [0.2, 0.25) is 5.91 Å². The number of hydrogen-bond donors (Lipinski definition) is 2. The van der Waals surface area contributed by atoms with Gasteiger partial charge in [-0.2, -0.15) is 0 Å². The predicted molar refractivity (Wildman–Crippen MR) is 138 cm³/mol. The molecule has 37 heavy (non-hydrogen) atoms. The van der Waals surface area contributed by atoms with Crippen molar-refractivity contribution in [1.82, 2.24) is 29.2 Å². The third-order valence-electron chi connectivity index (χ3n) is 6.45. The summed E-state index contributed by atoms with van der Waals surface area (Å²) in [4.78, 5) is 44.8. The van der Waals surface area contributed by atoms with Crippen LogP contribution in [0.15, 0.2) is 55.1 Å². The minimum Gasteiger partial charge on any atom is -0.384 e. The highest BCUT2D eigenvalue weighted by Crippen LogP contribution is 2.33. The van der Waals surface area contributed by atoms with E-state index in [1.54, 1.807) is 56.0 Å². The van der Waals surface area contributed by atoms with E-state index in [-0.39, 0.29) is 23.4 Å². The smallest absolute Gasteiger partial charge is 0.275 e. The van der Waals surface area contributed by atoms with Crippen molar-refractivity contribution in [2.75, 3.05) is 37.9 Å². The van der Waals surface area contributed by atoms with Crippen LogP contribution in [0.4, 0.5) is 11.6 Å². The van der Waals surface area contributed by atoms with Gasteiger partial charge in [0.1, 0.15) is 34.4 Å². The first-order valence-corrected chi connectivity index (χ1v) is 12.1. The highest BCUT2D eigenvalue weighted by molar-refractivity contribution is 6.02. The molecule has 1 fully saturated rings. The standard InChI is InChI=1S/C26H28N8O3/c1-37-14-9-21(35)33-12-4-5-18(16-33)25-32-22(23-24(27)29-11-13-34(23)25)17-7-8-19(30-15-17)26(36)31-20-6-2-3-10-28-20/h2-3,6-8,10-11,13,15,18H,4-5,9,12,14,16H2,1H3,(H2,27,29)(H,28,31,36)/t18-/m1/s1. The zero-order valence-corrected chi connectivity index (χ0v) is 20.5. The lowest BCUT2D eigenvalue weighted by atomic mass is 9.97. The number of hydrogen-bond acceptors (Lipinski definition) is 8. The molecule has 11 nitrogen and oxygen atoms in total. The number of pyridine rings is 2. The predicted octanol–water partition coefficient (Wildman–Crippen LogP) is 2.76. The number of aromatic nitrogens is 5. The number of carbonyl (C=O) groups excluding carboxylic acids is 2. The van der Waals surface area contributed by atoms with Gasteiger partial charge in [-0.05, 0) is 37.1 Å². The fourth-order valence-electron chi connectivity index (χ4n) is 4.62. The first kappa shape index (κ1) is 24.3. The fraction of sp³-hybridized carbons (Fsp3) is 0.308. The largest absolute Gasteiger partial charge is 0.384 e. The van der Waals surface area contributed by atoms with Crippen molar-refractivity contribution >= 4 is 29.0 Å². The number of likely N-dealkylation sites (tertiary alicyclic amines) is 1. The second kappa shape index (κ2) is 10.7. The zero-order valence-electron chi connectivity index (χ0n) is 20.5. The van der Waals surface area contributed by atoms with E-state index in [1.165, 1.54) is 0 Å². The number of methoxy groups -OCH3 is 1. The first-order chi connectivity index (χ1) is 18.0. The number of nitrogens with one attached hydrogen (secondary N) is 1. The summed E-state index contributed by atoms with van der Waals surface area (Å²) in [6.07, 6.45) is 8.84. The quantitative estimate of drug-likeness (QED) is 0.395. The van der Waals surface area contributed by atoms with Crippen molar-refractivity contribution in [2.45, 2.75) is 25.2 Å². The van der Waals surface area contributed by atoms with Crippen LogP contribution < -0.4 is 11.1 Å². The molecule has 1 atom stereocenters. The van der Waals surface area contributed by atoms with Crippen molar-refractivity contribution in [3.8, 4) is 11.3 Å². The number of nitrogen functional groups attached to an aromatic ring is 1. The highest BCUT2D eigenvalue weighted by atomic mass is 16.5. The molecule has 0 aliphatic carbocycles. The Balaban J connectivity index is 1.43. The molecule has 4 aromatic rings. The first-order valence-electron chi connectivity index (χ1n) is 12.1. The maximum atomic E-state index is 12.6. The molecule has 2 amide bonds. The van der Waals surface area contributed by atoms with Crippen molar-refractivity contribution in [1.29, 1.82) is 0 Å². The summed E-state index contributed by atoms with van der Waals surface area (Å²) < 4.78 is 7.02. The van der Waals surface area contributed by atoms with Crippen LogP contribution in [0.1, 0.15) is 41.5 Å². The third kappa shape index (κ3) is 5.12. The number of piperidine rings is 1. The fourth-order valence-corrected chi connectivity index (χ4v) is 4.62. The average molecular weight is 501 g/mol. The van der Waals surface area contributed by atoms with E-state index in [2.05, 4.69) is 20.3 Å². The van der Waals surface area contributed by atoms with E-state index in [0.717, 1.165) is 25.2 Å². The monoisotopic (exact) mass is 500 g/mol. The molecule has 0 unspecified atom stereocenters. The molecule has 0 spiro atoms. The normalized spacial score (nSPS) is 15.6. The molecule has 5 rings (SSSR count). The maximum absolute atomic E-state index is 12.6. The topological polar surface area (TPSA) is 141 Å². The van der Waals surface area contributed by atoms with Gasteiger partial charge in [0.25, 0.3) is 5.91 Å². The molecule has 1 aliphatic heterocycles. The molecular formula is C26H28N8O3. The van der Waals surface area contributed by atoms with E-state index in [0.29, 0.717) is 48.0 Å². The molecule has 3 N–H and O–H groups in total. The van der Waals surface area contributed by atoms with Crippen LogP contribution in [0, 0.1) is 0 Å². The molecular weight excluding hydrogens is 472 g/mol. The summed E-state index contributed by atoms with van der Waals surface area (Å²) in [7, 11) is 1.59. The maximum Gasteiger partial charge on any atom is 0.275 e. The van der Waals surface area contributed by atoms with Crippen LogP contribution in [0.5, 0.6) is 0 Å². The molecule has 0 bridgehead atoms. The Bertz CT molecular complexity index is 1400. The molecule has 190 valence electrons. The number of rotatable bonds is 7. The lowest BCUT2D eigenvalue weighted by Gasteiger charge is -2.32. The Hall–Kier alpha value is -4.38. The van der Waals surface area contributed by atoms with Gasteiger partial charge >= 0.3 is 0 Å². The van der Waals surface area contributed by atoms with Gasteiger partial charge in [-0.25, -0.2) is 15.0 Å². The minimum atomic E-state index is -0.359. The number of anilines is 2. The molecule has 11 heteroatoms. The summed E-state index contributed by atoms with van der Waals surface area (Å²) in [6, 6.07) is 8.71. The SMILES string of the molecule is COCCC(=O)N1CCC[C@@H](c2nc(-c3ccc(C(=O)Nc4ccccn4)nc3)c3c(N)nccn23)C1. The van der Waals surface area contributed by atoms with Gasteiger partial charge in [-0.1, -0.05) is 6.07 Å². The van der Waals surface area contributed by atoms with Crippen LogP contribution in [-0.4, -0.2) is 67.9 Å². The van der Waals surface area contributed by atoms with Crippen LogP contribution >= 0.6 is 0 Å². The number of fused-ring (bicyclic) bond motifs is 1. The molecule has 0 aromatic carbocycles. The number of amides is 2. The molecule has 0 saturated carbocycles. The summed E-state index contributed by atoms with van der Waals surface area (Å²) >= 11 is 0. The second-order valence-corrected chi connectivity index (χ2v) is 8.87. The number of nitrogens with zero attached hydrogens (tertiary/aromatic N) is 6. The lowest BCUT2D eigenvalue weighted by Crippen LogP contribution is -2.39. The van der Waals surface area contributed by atoms with Crippen LogP contribution in [0.2, 0.25) is 0 Å². The second-order valence-electron chi connectivity index (χ2n) is 8.87. The number of nitrogens with two attached hydrogens (primary N) is 1. The molecule has 4 aromatic heterocycles. The van der Waals surface area contributed by atoms with E-state index in [9.17, 15) is 9.59 Å². The molecule has 1 saturated heterocycles. The van der Waals surface area contributed by atoms with Gasteiger partial charge in [0.15, 0.2) is 0 Å². The number of ether oxygens (including phenoxy) is 1. The lowest BCUT2D eigenvalue weighted by molar-refractivity contribution is -0.133. The summed E-state index contributed by atoms with van der Waals surface area (Å²) in [5, 5.41) is 2.73. The zero-order chi connectivity index (χ0) is 25.8. The Kier molecular flexibility index (Phi) is 7.04. The Morgan fingerprint density at radius 1 is 1.16 bits per heavy atom. The van der Waals surface area contributed by atoms with Crippen LogP contribution in [0.25, 0.3) is 16.8 Å². The van der Waals surface area contributed by atoms with Crippen LogP contribution in [0.3, 0.4) is 0 Å². The average Bonchev–Trinajstić information content (AvgIpc) is 3.33. The van der Waals surface area contributed by atoms with Crippen molar-refractivity contribution < 1.29 is 14.3 Å². The summed E-state index contributed by atoms with van der Waals surface area (Å²) in [5.74, 6) is 1.38. The number of imidazole rings is 1. The Morgan fingerprint density at radius 3 is 2.81 bits per heavy atom. The highest BCUT2D eigenvalue weighted by Gasteiger charge is 2.29. The van der Waals surface area contributed by atoms with E-state index in [4.69, 9.17) is 15.5 Å². The van der Waals surface area contributed by atoms with Gasteiger partial charge in [0.05, 0.1) is 13.0 Å². The molecule has 1 aliphatic rings. The van der Waals surface area contributed by atoms with Gasteiger partial charge in [-0.3, -0.25) is 19.0 Å². The van der Waals surface area contributed by atoms with Crippen molar-refractivity contribution in [3.05, 3.63) is 66.6 Å². The van der Waals surface area contributed by atoms with Crippen molar-refractivity contribution in [2.24, 2.45) is 0 Å².